The number of ether oxygens (including phenoxy) is 4. The summed E-state index contributed by atoms with van der Waals surface area (Å²) in [7, 11) is 3.18. The van der Waals surface area contributed by atoms with Crippen LogP contribution in [0.25, 0.3) is 16.5 Å². The third-order valence-electron chi connectivity index (χ3n) is 4.87. The van der Waals surface area contributed by atoms with Gasteiger partial charge in [0.25, 0.3) is 0 Å². The summed E-state index contributed by atoms with van der Waals surface area (Å²) in [5, 5.41) is 11.0. The van der Waals surface area contributed by atoms with Crippen LogP contribution in [0, 0.1) is 0 Å². The predicted octanol–water partition coefficient (Wildman–Crippen LogP) is 5.06. The number of carbonyl (C=O) groups is 2. The first kappa shape index (κ1) is 25.2. The van der Waals surface area contributed by atoms with Gasteiger partial charge in [-0.1, -0.05) is 18.2 Å². The summed E-state index contributed by atoms with van der Waals surface area (Å²) in [6.07, 6.45) is 3.12. The van der Waals surface area contributed by atoms with E-state index < -0.39 is 5.97 Å². The standard InChI is InChI=1S/C26H26O7S/c1-30-11-12-32-13-14-33-24-17-23(31-2)20(16-21(24)25-4-3-15-34-25)9-10-22(27)18-5-7-19(8-6-18)26(28)29/h3-10,15-17H,11-14H2,1-2H3,(H,28,29)/b10-9+. The minimum atomic E-state index is -1.04. The van der Waals surface area contributed by atoms with Crippen LogP contribution in [-0.4, -0.2) is 57.5 Å². The molecule has 0 bridgehead atoms. The Bertz CT molecular complexity index is 1120. The summed E-state index contributed by atoms with van der Waals surface area (Å²) in [4.78, 5) is 24.6. The number of carbonyl (C=O) groups excluding carboxylic acids is 1. The maximum Gasteiger partial charge on any atom is 0.335 e. The van der Waals surface area contributed by atoms with Crippen LogP contribution in [0.4, 0.5) is 0 Å². The number of thiophene rings is 1. The van der Waals surface area contributed by atoms with Gasteiger partial charge in [-0.25, -0.2) is 4.79 Å². The molecule has 2 aromatic carbocycles. The molecule has 0 radical (unpaired) electrons. The molecule has 0 saturated carbocycles. The molecule has 8 heteroatoms. The Morgan fingerprint density at radius 1 is 0.941 bits per heavy atom. The van der Waals surface area contributed by atoms with Crippen LogP contribution in [0.2, 0.25) is 0 Å². The van der Waals surface area contributed by atoms with Gasteiger partial charge in [-0.2, -0.15) is 0 Å². The van der Waals surface area contributed by atoms with Crippen molar-refractivity contribution in [3.8, 4) is 21.9 Å². The van der Waals surface area contributed by atoms with Gasteiger partial charge < -0.3 is 24.1 Å². The number of hydrogen-bond donors (Lipinski definition) is 1. The summed E-state index contributed by atoms with van der Waals surface area (Å²) >= 11 is 1.58. The van der Waals surface area contributed by atoms with Crippen LogP contribution in [0.15, 0.2) is 60.0 Å². The third-order valence-corrected chi connectivity index (χ3v) is 5.77. The molecule has 0 aliphatic rings. The molecule has 7 nitrogen and oxygen atoms in total. The average Bonchev–Trinajstić information content (AvgIpc) is 3.39. The lowest BCUT2D eigenvalue weighted by Gasteiger charge is -2.15. The highest BCUT2D eigenvalue weighted by Crippen LogP contribution is 2.39. The summed E-state index contributed by atoms with van der Waals surface area (Å²) in [6, 6.07) is 13.5. The second kappa shape index (κ2) is 12.7. The zero-order chi connectivity index (χ0) is 24.3. The van der Waals surface area contributed by atoms with Crippen molar-refractivity contribution >= 4 is 29.2 Å². The van der Waals surface area contributed by atoms with Crippen molar-refractivity contribution in [3.05, 3.63) is 76.7 Å². The highest BCUT2D eigenvalue weighted by atomic mass is 32.1. The predicted molar refractivity (Wildman–Crippen MR) is 131 cm³/mol. The molecule has 0 amide bonds. The average molecular weight is 483 g/mol. The summed E-state index contributed by atoms with van der Waals surface area (Å²) in [6.45, 7) is 1.81. The quantitative estimate of drug-likeness (QED) is 0.207. The number of carboxylic acids is 1. The van der Waals surface area contributed by atoms with E-state index in [1.54, 1.807) is 37.7 Å². The van der Waals surface area contributed by atoms with Crippen LogP contribution in [0.3, 0.4) is 0 Å². The van der Waals surface area contributed by atoms with Gasteiger partial charge in [-0.05, 0) is 41.8 Å². The first-order chi connectivity index (χ1) is 16.5. The van der Waals surface area contributed by atoms with Crippen LogP contribution in [0.1, 0.15) is 26.3 Å². The SMILES string of the molecule is COCCOCCOc1cc(OC)c(/C=C/C(=O)c2ccc(C(=O)O)cc2)cc1-c1cccs1. The number of aromatic carboxylic acids is 1. The number of hydrogen-bond acceptors (Lipinski definition) is 7. The van der Waals surface area contributed by atoms with Gasteiger partial charge >= 0.3 is 5.97 Å². The van der Waals surface area contributed by atoms with Crippen molar-refractivity contribution in [1.29, 1.82) is 0 Å². The zero-order valence-electron chi connectivity index (χ0n) is 19.0. The maximum atomic E-state index is 12.6. The van der Waals surface area contributed by atoms with E-state index in [0.29, 0.717) is 49.1 Å². The largest absolute Gasteiger partial charge is 0.496 e. The molecule has 0 unspecified atom stereocenters. The molecule has 0 fully saturated rings. The van der Waals surface area contributed by atoms with Crippen LogP contribution >= 0.6 is 11.3 Å². The van der Waals surface area contributed by atoms with Gasteiger partial charge in [0.05, 0.1) is 32.5 Å². The first-order valence-corrected chi connectivity index (χ1v) is 11.4. The number of carboxylic acid groups (broad SMARTS) is 1. The van der Waals surface area contributed by atoms with Crippen LogP contribution < -0.4 is 9.47 Å². The number of benzene rings is 2. The lowest BCUT2D eigenvalue weighted by molar-refractivity contribution is 0.0545. The summed E-state index contributed by atoms with van der Waals surface area (Å²) in [5.74, 6) is -0.0716. The first-order valence-electron chi connectivity index (χ1n) is 10.5. The molecule has 3 rings (SSSR count). The van der Waals surface area contributed by atoms with E-state index in [9.17, 15) is 9.59 Å². The Kier molecular flexibility index (Phi) is 9.40. The molecule has 1 N–H and O–H groups in total. The number of methoxy groups -OCH3 is 2. The molecule has 1 heterocycles. The van der Waals surface area contributed by atoms with Gasteiger partial charge in [-0.15, -0.1) is 11.3 Å². The molecule has 178 valence electrons. The second-order valence-corrected chi connectivity index (χ2v) is 8.05. The number of rotatable bonds is 13. The van der Waals surface area contributed by atoms with E-state index in [-0.39, 0.29) is 11.3 Å². The molecule has 0 aliphatic carbocycles. The molecule has 1 aromatic heterocycles. The van der Waals surface area contributed by atoms with Crippen LogP contribution in [-0.2, 0) is 9.47 Å². The molecule has 34 heavy (non-hydrogen) atoms. The smallest absolute Gasteiger partial charge is 0.335 e. The lowest BCUT2D eigenvalue weighted by atomic mass is 10.0. The fourth-order valence-corrected chi connectivity index (χ4v) is 3.87. The van der Waals surface area contributed by atoms with Gasteiger partial charge in [0.15, 0.2) is 5.78 Å². The normalized spacial score (nSPS) is 11.0. The molecule has 3 aromatic rings. The monoisotopic (exact) mass is 482 g/mol. The lowest BCUT2D eigenvalue weighted by Crippen LogP contribution is -2.10. The van der Waals surface area contributed by atoms with Gasteiger partial charge in [0, 0.05) is 34.7 Å². The van der Waals surface area contributed by atoms with E-state index in [1.165, 1.54) is 30.3 Å². The molecule has 0 saturated heterocycles. The minimum absolute atomic E-state index is 0.127. The van der Waals surface area contributed by atoms with E-state index in [1.807, 2.05) is 23.6 Å². The molecular formula is C26H26O7S. The second-order valence-electron chi connectivity index (χ2n) is 7.10. The fourth-order valence-electron chi connectivity index (χ4n) is 3.12. The number of ketones is 1. The summed E-state index contributed by atoms with van der Waals surface area (Å²) in [5.41, 5.74) is 2.12. The van der Waals surface area contributed by atoms with E-state index >= 15 is 0 Å². The Balaban J connectivity index is 1.82. The summed E-state index contributed by atoms with van der Waals surface area (Å²) < 4.78 is 22.0. The fraction of sp³-hybridized carbons (Fsp3) is 0.231. The number of allylic oxidation sites excluding steroid dienone is 1. The minimum Gasteiger partial charge on any atom is -0.496 e. The Morgan fingerprint density at radius 2 is 1.68 bits per heavy atom. The van der Waals surface area contributed by atoms with Gasteiger partial charge in [0.1, 0.15) is 18.1 Å². The highest BCUT2D eigenvalue weighted by Gasteiger charge is 2.14. The maximum absolute atomic E-state index is 12.6. The zero-order valence-corrected chi connectivity index (χ0v) is 19.8. The third kappa shape index (κ3) is 6.77. The van der Waals surface area contributed by atoms with Crippen molar-refractivity contribution < 1.29 is 33.6 Å². The van der Waals surface area contributed by atoms with Crippen molar-refractivity contribution in [3.63, 3.8) is 0 Å². The Morgan fingerprint density at radius 3 is 2.32 bits per heavy atom. The van der Waals surface area contributed by atoms with Crippen LogP contribution in [0.5, 0.6) is 11.5 Å². The molecule has 0 atom stereocenters. The van der Waals surface area contributed by atoms with Crippen molar-refractivity contribution in [2.75, 3.05) is 40.6 Å². The van der Waals surface area contributed by atoms with E-state index in [4.69, 9.17) is 24.1 Å². The van der Waals surface area contributed by atoms with Crippen molar-refractivity contribution in [1.82, 2.24) is 0 Å². The van der Waals surface area contributed by atoms with Gasteiger partial charge in [0.2, 0.25) is 0 Å². The van der Waals surface area contributed by atoms with Crippen molar-refractivity contribution in [2.24, 2.45) is 0 Å². The molecular weight excluding hydrogens is 456 g/mol. The van der Waals surface area contributed by atoms with Crippen molar-refractivity contribution in [2.45, 2.75) is 0 Å². The molecule has 0 spiro atoms. The topological polar surface area (TPSA) is 91.3 Å². The van der Waals surface area contributed by atoms with Gasteiger partial charge in [-0.3, -0.25) is 4.79 Å². The Labute approximate surface area is 202 Å². The highest BCUT2D eigenvalue weighted by molar-refractivity contribution is 7.13. The molecule has 0 aliphatic heterocycles. The van der Waals surface area contributed by atoms with E-state index in [0.717, 1.165) is 10.4 Å². The van der Waals surface area contributed by atoms with E-state index in [2.05, 4.69) is 0 Å². The Hall–Kier alpha value is -3.46.